The van der Waals surface area contributed by atoms with E-state index in [2.05, 4.69) is 0 Å². The first-order valence-electron chi connectivity index (χ1n) is 8.89. The fourth-order valence-electron chi connectivity index (χ4n) is 3.27. The van der Waals surface area contributed by atoms with Gasteiger partial charge in [0.05, 0.1) is 40.9 Å². The molecule has 0 radical (unpaired) electrons. The predicted molar refractivity (Wildman–Crippen MR) is 102 cm³/mol. The molecule has 1 amide bonds. The van der Waals surface area contributed by atoms with Crippen LogP contribution in [0.4, 0.5) is 0 Å². The zero-order chi connectivity index (χ0) is 19.2. The highest BCUT2D eigenvalue weighted by Gasteiger charge is 2.26. The highest BCUT2D eigenvalue weighted by Crippen LogP contribution is 2.38. The van der Waals surface area contributed by atoms with E-state index in [1.54, 1.807) is 21.3 Å². The van der Waals surface area contributed by atoms with Crippen molar-refractivity contribution in [2.75, 3.05) is 41.0 Å². The van der Waals surface area contributed by atoms with Gasteiger partial charge in [-0.3, -0.25) is 4.79 Å². The second-order valence-electron chi connectivity index (χ2n) is 6.32. The van der Waals surface area contributed by atoms with E-state index in [1.807, 2.05) is 47.4 Å². The highest BCUT2D eigenvalue weighted by molar-refractivity contribution is 5.79. The Morgan fingerprint density at radius 1 is 1.07 bits per heavy atom. The Morgan fingerprint density at radius 3 is 2.33 bits per heavy atom. The lowest BCUT2D eigenvalue weighted by Gasteiger charge is -2.33. The van der Waals surface area contributed by atoms with Crippen molar-refractivity contribution in [1.82, 2.24) is 4.90 Å². The van der Waals surface area contributed by atoms with Crippen molar-refractivity contribution in [3.8, 4) is 17.2 Å². The molecule has 2 aromatic carbocycles. The van der Waals surface area contributed by atoms with Crippen molar-refractivity contribution < 1.29 is 23.7 Å². The van der Waals surface area contributed by atoms with Gasteiger partial charge in [-0.25, -0.2) is 0 Å². The SMILES string of the molecule is COc1cc(CC(=O)N2CCO[C@H](c3ccccc3)C2)cc(OC)c1OC. The molecule has 1 saturated heterocycles. The van der Waals surface area contributed by atoms with E-state index < -0.39 is 0 Å². The normalized spacial score (nSPS) is 16.7. The van der Waals surface area contributed by atoms with Gasteiger partial charge in [0, 0.05) is 6.54 Å². The van der Waals surface area contributed by atoms with Gasteiger partial charge in [-0.1, -0.05) is 30.3 Å². The average Bonchev–Trinajstić information content (AvgIpc) is 2.73. The van der Waals surface area contributed by atoms with E-state index in [1.165, 1.54) is 0 Å². The molecule has 0 aliphatic carbocycles. The van der Waals surface area contributed by atoms with Gasteiger partial charge >= 0.3 is 0 Å². The Kier molecular flexibility index (Phi) is 6.19. The molecule has 3 rings (SSSR count). The number of carbonyl (C=O) groups is 1. The quantitative estimate of drug-likeness (QED) is 0.782. The van der Waals surface area contributed by atoms with E-state index in [0.29, 0.717) is 36.9 Å². The van der Waals surface area contributed by atoms with E-state index in [4.69, 9.17) is 18.9 Å². The third kappa shape index (κ3) is 4.34. The molecule has 144 valence electrons. The number of ether oxygens (including phenoxy) is 4. The second-order valence-corrected chi connectivity index (χ2v) is 6.32. The lowest BCUT2D eigenvalue weighted by atomic mass is 10.1. The van der Waals surface area contributed by atoms with Crippen molar-refractivity contribution in [1.29, 1.82) is 0 Å². The van der Waals surface area contributed by atoms with Crippen molar-refractivity contribution in [2.24, 2.45) is 0 Å². The maximum absolute atomic E-state index is 12.9. The van der Waals surface area contributed by atoms with Gasteiger partial charge in [0.15, 0.2) is 11.5 Å². The molecule has 1 heterocycles. The number of carbonyl (C=O) groups excluding carboxylic acids is 1. The van der Waals surface area contributed by atoms with Crippen LogP contribution < -0.4 is 14.2 Å². The Morgan fingerprint density at radius 2 is 1.74 bits per heavy atom. The molecule has 27 heavy (non-hydrogen) atoms. The molecular formula is C21H25NO5. The topological polar surface area (TPSA) is 57.2 Å². The fourth-order valence-corrected chi connectivity index (χ4v) is 3.27. The first-order valence-corrected chi connectivity index (χ1v) is 8.89. The largest absolute Gasteiger partial charge is 0.493 e. The van der Waals surface area contributed by atoms with Crippen molar-refractivity contribution in [2.45, 2.75) is 12.5 Å². The van der Waals surface area contributed by atoms with Crippen molar-refractivity contribution >= 4 is 5.91 Å². The van der Waals surface area contributed by atoms with Gasteiger partial charge in [0.1, 0.15) is 6.10 Å². The maximum atomic E-state index is 12.9. The number of methoxy groups -OCH3 is 3. The number of amides is 1. The Bertz CT molecular complexity index is 752. The van der Waals surface area contributed by atoms with Gasteiger partial charge in [0.2, 0.25) is 11.7 Å². The summed E-state index contributed by atoms with van der Waals surface area (Å²) in [6.07, 6.45) is 0.168. The van der Waals surface area contributed by atoms with Gasteiger partial charge in [0.25, 0.3) is 0 Å². The summed E-state index contributed by atoms with van der Waals surface area (Å²) in [4.78, 5) is 14.7. The lowest BCUT2D eigenvalue weighted by molar-refractivity contribution is -0.138. The zero-order valence-electron chi connectivity index (χ0n) is 15.9. The minimum Gasteiger partial charge on any atom is -0.493 e. The van der Waals surface area contributed by atoms with Crippen LogP contribution >= 0.6 is 0 Å². The van der Waals surface area contributed by atoms with Gasteiger partial charge in [-0.05, 0) is 23.3 Å². The van der Waals surface area contributed by atoms with Crippen LogP contribution in [0.15, 0.2) is 42.5 Å². The number of rotatable bonds is 6. The predicted octanol–water partition coefficient (Wildman–Crippen LogP) is 2.86. The van der Waals surface area contributed by atoms with Crippen LogP contribution in [0.1, 0.15) is 17.2 Å². The Hall–Kier alpha value is -2.73. The third-order valence-electron chi connectivity index (χ3n) is 4.67. The molecule has 0 N–H and O–H groups in total. The molecule has 1 atom stereocenters. The molecule has 1 aliphatic rings. The Balaban J connectivity index is 1.73. The van der Waals surface area contributed by atoms with Crippen LogP contribution in [-0.4, -0.2) is 51.8 Å². The molecule has 1 aliphatic heterocycles. The molecule has 0 aromatic heterocycles. The van der Waals surface area contributed by atoms with E-state index >= 15 is 0 Å². The first kappa shape index (κ1) is 19.0. The monoisotopic (exact) mass is 371 g/mol. The molecule has 0 spiro atoms. The second kappa shape index (κ2) is 8.77. The van der Waals surface area contributed by atoms with Crippen LogP contribution in [-0.2, 0) is 16.0 Å². The molecule has 6 heteroatoms. The summed E-state index contributed by atoms with van der Waals surface area (Å²) in [5.41, 5.74) is 1.90. The summed E-state index contributed by atoms with van der Waals surface area (Å²) < 4.78 is 21.9. The average molecular weight is 371 g/mol. The summed E-state index contributed by atoms with van der Waals surface area (Å²) in [6.45, 7) is 1.67. The first-order chi connectivity index (χ1) is 13.2. The van der Waals surface area contributed by atoms with Crippen molar-refractivity contribution in [3.63, 3.8) is 0 Å². The standard InChI is InChI=1S/C21H25NO5/c1-24-17-11-15(12-18(25-2)21(17)26-3)13-20(23)22-9-10-27-19(14-22)16-7-5-4-6-8-16/h4-8,11-12,19H,9-10,13-14H2,1-3H3/t19-/m0/s1. The smallest absolute Gasteiger partial charge is 0.227 e. The summed E-state index contributed by atoms with van der Waals surface area (Å²) >= 11 is 0. The summed E-state index contributed by atoms with van der Waals surface area (Å²) in [6, 6.07) is 13.6. The third-order valence-corrected chi connectivity index (χ3v) is 4.67. The molecule has 2 aromatic rings. The number of nitrogens with zero attached hydrogens (tertiary/aromatic N) is 1. The van der Waals surface area contributed by atoms with Gasteiger partial charge in [-0.2, -0.15) is 0 Å². The van der Waals surface area contributed by atoms with Gasteiger partial charge < -0.3 is 23.8 Å². The van der Waals surface area contributed by atoms with E-state index in [-0.39, 0.29) is 18.4 Å². The maximum Gasteiger partial charge on any atom is 0.227 e. The number of benzene rings is 2. The van der Waals surface area contributed by atoms with Gasteiger partial charge in [-0.15, -0.1) is 0 Å². The minimum atomic E-state index is -0.0937. The molecule has 0 bridgehead atoms. The number of hydrogen-bond acceptors (Lipinski definition) is 5. The lowest BCUT2D eigenvalue weighted by Crippen LogP contribution is -2.42. The van der Waals surface area contributed by atoms with Crippen LogP contribution in [0.25, 0.3) is 0 Å². The minimum absolute atomic E-state index is 0.0495. The summed E-state index contributed by atoms with van der Waals surface area (Å²) in [5.74, 6) is 1.66. The molecule has 6 nitrogen and oxygen atoms in total. The van der Waals surface area contributed by atoms with Crippen LogP contribution in [0, 0.1) is 0 Å². The summed E-state index contributed by atoms with van der Waals surface area (Å²) in [7, 11) is 4.69. The number of hydrogen-bond donors (Lipinski definition) is 0. The molecule has 0 unspecified atom stereocenters. The highest BCUT2D eigenvalue weighted by atomic mass is 16.5. The zero-order valence-corrected chi connectivity index (χ0v) is 15.9. The Labute approximate surface area is 159 Å². The molecule has 1 fully saturated rings. The fraction of sp³-hybridized carbons (Fsp3) is 0.381. The summed E-state index contributed by atoms with van der Waals surface area (Å²) in [5, 5.41) is 0. The molecule has 0 saturated carbocycles. The van der Waals surface area contributed by atoms with Crippen LogP contribution in [0.5, 0.6) is 17.2 Å². The molecular weight excluding hydrogens is 346 g/mol. The number of morpholine rings is 1. The van der Waals surface area contributed by atoms with E-state index in [9.17, 15) is 4.79 Å². The van der Waals surface area contributed by atoms with Crippen LogP contribution in [0.3, 0.4) is 0 Å². The van der Waals surface area contributed by atoms with E-state index in [0.717, 1.165) is 11.1 Å². The van der Waals surface area contributed by atoms with Crippen LogP contribution in [0.2, 0.25) is 0 Å². The van der Waals surface area contributed by atoms with Crippen molar-refractivity contribution in [3.05, 3.63) is 53.6 Å².